The highest BCUT2D eigenvalue weighted by atomic mass is 35.5. The van der Waals surface area contributed by atoms with Crippen molar-refractivity contribution in [3.63, 3.8) is 0 Å². The van der Waals surface area contributed by atoms with Gasteiger partial charge in [0.1, 0.15) is 0 Å². The third kappa shape index (κ3) is 3.97. The fourth-order valence-corrected chi connectivity index (χ4v) is 3.97. The molecule has 0 saturated carbocycles. The average molecular weight is 363 g/mol. The number of hydrogen-bond donors (Lipinski definition) is 1. The number of nitrogens with one attached hydrogen (secondary N) is 1. The lowest BCUT2D eigenvalue weighted by Gasteiger charge is -2.29. The van der Waals surface area contributed by atoms with Crippen LogP contribution < -0.4 is 5.32 Å². The van der Waals surface area contributed by atoms with Crippen LogP contribution in [0.25, 0.3) is 0 Å². The first-order chi connectivity index (χ1) is 11.5. The number of rotatable bonds is 4. The molecule has 4 nitrogen and oxygen atoms in total. The van der Waals surface area contributed by atoms with Crippen molar-refractivity contribution in [2.45, 2.75) is 32.4 Å². The van der Waals surface area contributed by atoms with E-state index in [0.29, 0.717) is 11.6 Å². The lowest BCUT2D eigenvalue weighted by molar-refractivity contribution is -0.133. The van der Waals surface area contributed by atoms with Gasteiger partial charge in [-0.15, -0.1) is 11.3 Å². The number of fused-ring (bicyclic) bond motifs is 1. The van der Waals surface area contributed by atoms with Crippen LogP contribution >= 0.6 is 22.9 Å². The van der Waals surface area contributed by atoms with Crippen molar-refractivity contribution in [2.24, 2.45) is 0 Å². The SMILES string of the molecule is CC(=O)N[C@H](CC(=O)N1CCc2sccc2C1)c1ccc(Cl)cc1. The zero-order chi connectivity index (χ0) is 17.1. The molecular weight excluding hydrogens is 344 g/mol. The van der Waals surface area contributed by atoms with Gasteiger partial charge in [0.05, 0.1) is 12.5 Å². The molecule has 2 heterocycles. The third-order valence-corrected chi connectivity index (χ3v) is 5.46. The largest absolute Gasteiger partial charge is 0.349 e. The van der Waals surface area contributed by atoms with Crippen molar-refractivity contribution in [2.75, 3.05) is 6.54 Å². The average Bonchev–Trinajstić information content (AvgIpc) is 3.02. The van der Waals surface area contributed by atoms with Crippen molar-refractivity contribution in [1.82, 2.24) is 10.2 Å². The minimum Gasteiger partial charge on any atom is -0.349 e. The smallest absolute Gasteiger partial charge is 0.225 e. The molecule has 0 spiro atoms. The number of halogens is 1. The Hall–Kier alpha value is -1.85. The molecule has 0 unspecified atom stereocenters. The van der Waals surface area contributed by atoms with Crippen molar-refractivity contribution >= 4 is 34.8 Å². The van der Waals surface area contributed by atoms with E-state index in [0.717, 1.165) is 18.5 Å². The molecule has 0 bridgehead atoms. The molecule has 24 heavy (non-hydrogen) atoms. The fourth-order valence-electron chi connectivity index (χ4n) is 2.96. The molecule has 2 amide bonds. The molecular formula is C18H19ClN2O2S. The maximum atomic E-state index is 12.7. The van der Waals surface area contributed by atoms with Gasteiger partial charge in [-0.05, 0) is 41.1 Å². The second kappa shape index (κ2) is 7.36. The van der Waals surface area contributed by atoms with Gasteiger partial charge in [-0.25, -0.2) is 0 Å². The number of carbonyl (C=O) groups excluding carboxylic acids is 2. The molecule has 3 rings (SSSR count). The van der Waals surface area contributed by atoms with Gasteiger partial charge in [0, 0.05) is 29.9 Å². The Balaban J connectivity index is 1.71. The number of nitrogens with zero attached hydrogens (tertiary/aromatic N) is 1. The van der Waals surface area contributed by atoms with Gasteiger partial charge in [0.25, 0.3) is 0 Å². The normalized spacial score (nSPS) is 14.8. The van der Waals surface area contributed by atoms with E-state index < -0.39 is 0 Å². The molecule has 1 aliphatic heterocycles. The van der Waals surface area contributed by atoms with E-state index in [-0.39, 0.29) is 24.3 Å². The van der Waals surface area contributed by atoms with Crippen LogP contribution in [0.3, 0.4) is 0 Å². The summed E-state index contributed by atoms with van der Waals surface area (Å²) in [6.07, 6.45) is 1.16. The van der Waals surface area contributed by atoms with Gasteiger partial charge >= 0.3 is 0 Å². The predicted molar refractivity (Wildman–Crippen MR) is 96.1 cm³/mol. The van der Waals surface area contributed by atoms with Gasteiger partial charge in [-0.1, -0.05) is 23.7 Å². The van der Waals surface area contributed by atoms with E-state index in [2.05, 4.69) is 16.8 Å². The summed E-state index contributed by atoms with van der Waals surface area (Å²) in [5.74, 6) is -0.0953. The fraction of sp³-hybridized carbons (Fsp3) is 0.333. The molecule has 2 aromatic rings. The molecule has 1 aromatic heterocycles. The van der Waals surface area contributed by atoms with Crippen molar-refractivity contribution in [3.8, 4) is 0 Å². The summed E-state index contributed by atoms with van der Waals surface area (Å²) < 4.78 is 0. The molecule has 126 valence electrons. The molecule has 0 fully saturated rings. The molecule has 1 N–H and O–H groups in total. The maximum Gasteiger partial charge on any atom is 0.225 e. The van der Waals surface area contributed by atoms with Crippen LogP contribution in [0.15, 0.2) is 35.7 Å². The van der Waals surface area contributed by atoms with E-state index in [9.17, 15) is 9.59 Å². The second-order valence-corrected chi connectivity index (χ2v) is 7.38. The topological polar surface area (TPSA) is 49.4 Å². The van der Waals surface area contributed by atoms with Crippen LogP contribution in [0.5, 0.6) is 0 Å². The van der Waals surface area contributed by atoms with Crippen LogP contribution in [-0.2, 0) is 22.6 Å². The molecule has 0 radical (unpaired) electrons. The van der Waals surface area contributed by atoms with Gasteiger partial charge < -0.3 is 10.2 Å². The van der Waals surface area contributed by atoms with E-state index in [1.807, 2.05) is 17.0 Å². The molecule has 1 aromatic carbocycles. The highest BCUT2D eigenvalue weighted by Crippen LogP contribution is 2.26. The summed E-state index contributed by atoms with van der Waals surface area (Å²) in [7, 11) is 0. The highest BCUT2D eigenvalue weighted by molar-refractivity contribution is 7.10. The zero-order valence-corrected chi connectivity index (χ0v) is 15.0. The predicted octanol–water partition coefficient (Wildman–Crippen LogP) is 3.55. The number of amides is 2. The number of carbonyl (C=O) groups is 2. The Morgan fingerprint density at radius 3 is 2.75 bits per heavy atom. The Labute approximate surface area is 150 Å². The van der Waals surface area contributed by atoms with Gasteiger partial charge in [0.15, 0.2) is 0 Å². The number of thiophene rings is 1. The standard InChI is InChI=1S/C18H19ClN2O2S/c1-12(22)20-16(13-2-4-15(19)5-3-13)10-18(23)21-8-6-17-14(11-21)7-9-24-17/h2-5,7,9,16H,6,8,10-11H2,1H3,(H,20,22)/t16-/m1/s1. The lowest BCUT2D eigenvalue weighted by atomic mass is 10.0. The van der Waals surface area contributed by atoms with Crippen LogP contribution in [0.4, 0.5) is 0 Å². The second-order valence-electron chi connectivity index (χ2n) is 5.94. The minimum absolute atomic E-state index is 0.0561. The molecule has 0 aliphatic carbocycles. The number of benzene rings is 1. The van der Waals surface area contributed by atoms with E-state index in [1.54, 1.807) is 23.5 Å². The molecule has 1 aliphatic rings. The van der Waals surface area contributed by atoms with Crippen molar-refractivity contribution < 1.29 is 9.59 Å². The van der Waals surface area contributed by atoms with Crippen LogP contribution in [0.1, 0.15) is 35.4 Å². The lowest BCUT2D eigenvalue weighted by Crippen LogP contribution is -2.38. The van der Waals surface area contributed by atoms with Crippen LogP contribution in [-0.4, -0.2) is 23.3 Å². The van der Waals surface area contributed by atoms with Crippen molar-refractivity contribution in [3.05, 3.63) is 56.7 Å². The van der Waals surface area contributed by atoms with Crippen LogP contribution in [0.2, 0.25) is 5.02 Å². The summed E-state index contributed by atoms with van der Waals surface area (Å²) in [6.45, 7) is 2.86. The summed E-state index contributed by atoms with van der Waals surface area (Å²) in [6, 6.07) is 9.00. The van der Waals surface area contributed by atoms with Gasteiger partial charge in [-0.2, -0.15) is 0 Å². The Bertz CT molecular complexity index is 742. The quantitative estimate of drug-likeness (QED) is 0.904. The Morgan fingerprint density at radius 1 is 1.29 bits per heavy atom. The Morgan fingerprint density at radius 2 is 2.04 bits per heavy atom. The first kappa shape index (κ1) is 17.0. The first-order valence-electron chi connectivity index (χ1n) is 7.88. The van der Waals surface area contributed by atoms with Gasteiger partial charge in [-0.3, -0.25) is 9.59 Å². The van der Waals surface area contributed by atoms with Gasteiger partial charge in [0.2, 0.25) is 11.8 Å². The highest BCUT2D eigenvalue weighted by Gasteiger charge is 2.25. The first-order valence-corrected chi connectivity index (χ1v) is 9.14. The van der Waals surface area contributed by atoms with Crippen molar-refractivity contribution in [1.29, 1.82) is 0 Å². The minimum atomic E-state index is -0.337. The third-order valence-electron chi connectivity index (χ3n) is 4.19. The Kier molecular flexibility index (Phi) is 5.21. The molecule has 6 heteroatoms. The van der Waals surface area contributed by atoms with E-state index in [1.165, 1.54) is 17.4 Å². The van der Waals surface area contributed by atoms with E-state index >= 15 is 0 Å². The maximum absolute atomic E-state index is 12.7. The summed E-state index contributed by atoms with van der Waals surface area (Å²) in [5.41, 5.74) is 2.12. The van der Waals surface area contributed by atoms with E-state index in [4.69, 9.17) is 11.6 Å². The summed E-state index contributed by atoms with van der Waals surface area (Å²) in [5, 5.41) is 5.58. The zero-order valence-electron chi connectivity index (χ0n) is 13.4. The molecule has 1 atom stereocenters. The van der Waals surface area contributed by atoms with Crippen LogP contribution in [0, 0.1) is 0 Å². The monoisotopic (exact) mass is 362 g/mol. The molecule has 0 saturated heterocycles. The summed E-state index contributed by atoms with van der Waals surface area (Å²) >= 11 is 7.68. The summed E-state index contributed by atoms with van der Waals surface area (Å²) in [4.78, 5) is 27.5. The number of hydrogen-bond acceptors (Lipinski definition) is 3.